The van der Waals surface area contributed by atoms with Crippen molar-refractivity contribution in [2.75, 3.05) is 6.26 Å². The van der Waals surface area contributed by atoms with Crippen molar-refractivity contribution in [2.24, 2.45) is 0 Å². The summed E-state index contributed by atoms with van der Waals surface area (Å²) in [5.41, 5.74) is 1.72. The lowest BCUT2D eigenvalue weighted by atomic mass is 10.0. The van der Waals surface area contributed by atoms with E-state index in [-0.39, 0.29) is 10.6 Å². The summed E-state index contributed by atoms with van der Waals surface area (Å²) < 4.78 is 13.8. The van der Waals surface area contributed by atoms with E-state index in [2.05, 4.69) is 28.1 Å². The molecular formula is C15H13BrClFS. The molecule has 0 bridgehead atoms. The fourth-order valence-electron chi connectivity index (χ4n) is 1.94. The van der Waals surface area contributed by atoms with E-state index in [9.17, 15) is 4.39 Å². The van der Waals surface area contributed by atoms with Crippen molar-refractivity contribution in [3.63, 3.8) is 0 Å². The summed E-state index contributed by atoms with van der Waals surface area (Å²) in [4.78, 5) is 1.24. The van der Waals surface area contributed by atoms with E-state index in [1.54, 1.807) is 23.9 Å². The van der Waals surface area contributed by atoms with Gasteiger partial charge in [-0.1, -0.05) is 51.8 Å². The Morgan fingerprint density at radius 2 is 1.95 bits per heavy atom. The van der Waals surface area contributed by atoms with Crippen LogP contribution in [0.1, 0.15) is 16.0 Å². The highest BCUT2D eigenvalue weighted by atomic mass is 79.9. The van der Waals surface area contributed by atoms with Gasteiger partial charge < -0.3 is 0 Å². The molecule has 2 aromatic carbocycles. The SMILES string of the molecule is CSc1ccccc1C(Br)Cc1c(F)cccc1Cl. The first-order chi connectivity index (χ1) is 9.13. The van der Waals surface area contributed by atoms with Crippen LogP contribution in [0.3, 0.4) is 0 Å². The summed E-state index contributed by atoms with van der Waals surface area (Å²) >= 11 is 11.4. The van der Waals surface area contributed by atoms with Gasteiger partial charge >= 0.3 is 0 Å². The first kappa shape index (κ1) is 14.9. The van der Waals surface area contributed by atoms with Gasteiger partial charge in [-0.3, -0.25) is 0 Å². The second-order valence-corrected chi connectivity index (χ2v) is 6.47. The van der Waals surface area contributed by atoms with Crippen molar-refractivity contribution in [3.8, 4) is 0 Å². The molecule has 0 saturated heterocycles. The molecule has 2 aromatic rings. The summed E-state index contributed by atoms with van der Waals surface area (Å²) in [7, 11) is 0. The average molecular weight is 360 g/mol. The second-order valence-electron chi connectivity index (χ2n) is 4.11. The standard InChI is InChI=1S/C15H13BrClFS/c1-19-15-8-3-2-5-10(15)12(16)9-11-13(17)6-4-7-14(11)18/h2-8,12H,9H2,1H3. The third kappa shape index (κ3) is 3.53. The fourth-order valence-corrected chi connectivity index (χ4v) is 3.72. The molecule has 4 heteroatoms. The first-order valence-electron chi connectivity index (χ1n) is 5.83. The van der Waals surface area contributed by atoms with Crippen LogP contribution in [-0.2, 0) is 6.42 Å². The van der Waals surface area contributed by atoms with E-state index < -0.39 is 0 Å². The van der Waals surface area contributed by atoms with Crippen molar-refractivity contribution < 1.29 is 4.39 Å². The molecule has 0 saturated carbocycles. The van der Waals surface area contributed by atoms with E-state index in [1.165, 1.54) is 11.0 Å². The number of rotatable bonds is 4. The summed E-state index contributed by atoms with van der Waals surface area (Å²) in [6.07, 6.45) is 2.57. The molecule has 0 aliphatic carbocycles. The molecule has 100 valence electrons. The largest absolute Gasteiger partial charge is 0.207 e. The van der Waals surface area contributed by atoms with Crippen LogP contribution in [0.15, 0.2) is 47.4 Å². The second kappa shape index (κ2) is 6.78. The van der Waals surface area contributed by atoms with E-state index in [0.717, 1.165) is 5.56 Å². The van der Waals surface area contributed by atoms with Crippen LogP contribution in [0.4, 0.5) is 4.39 Å². The predicted molar refractivity (Wildman–Crippen MR) is 85.0 cm³/mol. The molecule has 1 unspecified atom stereocenters. The van der Waals surface area contributed by atoms with Gasteiger partial charge in [0.05, 0.1) is 0 Å². The minimum absolute atomic E-state index is 0.0468. The molecule has 0 aliphatic heterocycles. The van der Waals surface area contributed by atoms with Crippen LogP contribution >= 0.6 is 39.3 Å². The fraction of sp³-hybridized carbons (Fsp3) is 0.200. The van der Waals surface area contributed by atoms with Gasteiger partial charge in [0.25, 0.3) is 0 Å². The Hall–Kier alpha value is -0.510. The zero-order chi connectivity index (χ0) is 13.8. The van der Waals surface area contributed by atoms with Gasteiger partial charge in [-0.05, 0) is 36.4 Å². The first-order valence-corrected chi connectivity index (χ1v) is 8.35. The molecule has 0 radical (unpaired) electrons. The van der Waals surface area contributed by atoms with Crippen LogP contribution in [0, 0.1) is 5.82 Å². The van der Waals surface area contributed by atoms with Crippen molar-refractivity contribution in [3.05, 3.63) is 64.4 Å². The highest BCUT2D eigenvalue weighted by Crippen LogP contribution is 2.35. The van der Waals surface area contributed by atoms with Gasteiger partial charge in [0.15, 0.2) is 0 Å². The Balaban J connectivity index is 2.28. The molecule has 19 heavy (non-hydrogen) atoms. The van der Waals surface area contributed by atoms with Crippen LogP contribution < -0.4 is 0 Å². The van der Waals surface area contributed by atoms with Crippen LogP contribution in [0.2, 0.25) is 5.02 Å². The number of halogens is 3. The number of hydrogen-bond donors (Lipinski definition) is 0. The Morgan fingerprint density at radius 1 is 1.21 bits per heavy atom. The molecule has 0 aliphatic rings. The lowest BCUT2D eigenvalue weighted by molar-refractivity contribution is 0.608. The molecule has 0 heterocycles. The highest BCUT2D eigenvalue weighted by Gasteiger charge is 2.16. The Kier molecular flexibility index (Phi) is 5.31. The zero-order valence-corrected chi connectivity index (χ0v) is 13.5. The maximum Gasteiger partial charge on any atom is 0.127 e. The zero-order valence-electron chi connectivity index (χ0n) is 10.4. The van der Waals surface area contributed by atoms with E-state index in [0.29, 0.717) is 17.0 Å². The Bertz CT molecular complexity index is 554. The quantitative estimate of drug-likeness (QED) is 0.485. The van der Waals surface area contributed by atoms with Crippen LogP contribution in [-0.4, -0.2) is 6.26 Å². The maximum atomic E-state index is 13.8. The van der Waals surface area contributed by atoms with Gasteiger partial charge in [-0.25, -0.2) is 4.39 Å². The third-order valence-electron chi connectivity index (χ3n) is 2.92. The summed E-state index contributed by atoms with van der Waals surface area (Å²) in [5.74, 6) is -0.251. The molecule has 0 aromatic heterocycles. The highest BCUT2D eigenvalue weighted by molar-refractivity contribution is 9.09. The van der Waals surface area contributed by atoms with Crippen molar-refractivity contribution in [1.29, 1.82) is 0 Å². The van der Waals surface area contributed by atoms with Crippen LogP contribution in [0.5, 0.6) is 0 Å². The van der Waals surface area contributed by atoms with Gasteiger partial charge in [0.1, 0.15) is 5.82 Å². The minimum atomic E-state index is -0.251. The number of benzene rings is 2. The van der Waals surface area contributed by atoms with E-state index in [1.807, 2.05) is 18.4 Å². The summed E-state index contributed by atoms with van der Waals surface area (Å²) in [5, 5.41) is 0.478. The molecule has 0 amide bonds. The smallest absolute Gasteiger partial charge is 0.127 e. The van der Waals surface area contributed by atoms with E-state index in [4.69, 9.17) is 11.6 Å². The van der Waals surface area contributed by atoms with Gasteiger partial charge in [0, 0.05) is 20.3 Å². The summed E-state index contributed by atoms with van der Waals surface area (Å²) in [6, 6.07) is 12.9. The maximum absolute atomic E-state index is 13.8. The molecule has 2 rings (SSSR count). The normalized spacial score (nSPS) is 12.4. The number of hydrogen-bond acceptors (Lipinski definition) is 1. The molecule has 0 spiro atoms. The minimum Gasteiger partial charge on any atom is -0.207 e. The van der Waals surface area contributed by atoms with Gasteiger partial charge in [-0.15, -0.1) is 11.8 Å². The van der Waals surface area contributed by atoms with Crippen molar-refractivity contribution in [2.45, 2.75) is 16.1 Å². The topological polar surface area (TPSA) is 0 Å². The lowest BCUT2D eigenvalue weighted by Gasteiger charge is -2.15. The number of thioether (sulfide) groups is 1. The van der Waals surface area contributed by atoms with Gasteiger partial charge in [0.2, 0.25) is 0 Å². The van der Waals surface area contributed by atoms with E-state index >= 15 is 0 Å². The Labute approximate surface area is 130 Å². The lowest BCUT2D eigenvalue weighted by Crippen LogP contribution is -2.00. The Morgan fingerprint density at radius 3 is 2.63 bits per heavy atom. The molecular weight excluding hydrogens is 347 g/mol. The number of alkyl halides is 1. The third-order valence-corrected chi connectivity index (χ3v) is 4.90. The van der Waals surface area contributed by atoms with Gasteiger partial charge in [-0.2, -0.15) is 0 Å². The van der Waals surface area contributed by atoms with Crippen molar-refractivity contribution in [1.82, 2.24) is 0 Å². The predicted octanol–water partition coefficient (Wildman–Crippen LogP) is 5.88. The molecule has 0 N–H and O–H groups in total. The monoisotopic (exact) mass is 358 g/mol. The van der Waals surface area contributed by atoms with Crippen molar-refractivity contribution >= 4 is 39.3 Å². The average Bonchev–Trinajstić information content (AvgIpc) is 2.42. The summed E-state index contributed by atoms with van der Waals surface area (Å²) in [6.45, 7) is 0. The molecule has 0 nitrogen and oxygen atoms in total. The van der Waals surface area contributed by atoms with Crippen LogP contribution in [0.25, 0.3) is 0 Å². The molecule has 1 atom stereocenters. The molecule has 0 fully saturated rings.